The van der Waals surface area contributed by atoms with Gasteiger partial charge in [0.2, 0.25) is 0 Å². The number of hydrogen-bond donors (Lipinski definition) is 6. The van der Waals surface area contributed by atoms with Gasteiger partial charge in [0.05, 0.1) is 0 Å². The van der Waals surface area contributed by atoms with Crippen LogP contribution in [-0.2, 0) is 0 Å². The summed E-state index contributed by atoms with van der Waals surface area (Å²) in [6.45, 7) is 0. The molecule has 0 aromatic carbocycles. The van der Waals surface area contributed by atoms with Gasteiger partial charge >= 0.3 is 189 Å². The maximum atomic E-state index is 8.36. The topological polar surface area (TPSA) is 1930 Å². The van der Waals surface area contributed by atoms with Crippen LogP contribution >= 0.6 is 0 Å². The van der Waals surface area contributed by atoms with Gasteiger partial charge in [-0.25, -0.2) is 0 Å². The Kier molecular flexibility index (Phi) is 43500. The molecule has 0 aromatic rings. The molecule has 0 heterocycles. The standard InChI is InChI=1S/5Ca.5HNO3.H3N.50H2O.10H/c;;;;;5*2-1(3)4;;;;;;;;;;;;;;;;;;;;;;;;;;;;;;;;;;;;;;;;;;;;;;;;;;;;;;;;;;;;;/h;;;;;5*(H,2,3,4);1H3;50*1H2;;;;;;;;;;. The van der Waals surface area contributed by atoms with Crippen LogP contribution in [0, 0.1) is 50.6 Å². The summed E-state index contributed by atoms with van der Waals surface area (Å²) in [7, 11) is 0. The van der Waals surface area contributed by atoms with Crippen LogP contribution in [0.2, 0.25) is 0 Å². The van der Waals surface area contributed by atoms with E-state index in [9.17, 15) is 0 Å². The first kappa shape index (κ1) is 1860. The molecule has 0 amide bonds. The predicted molar refractivity (Wildman–Crippen MR) is 272 cm³/mol. The molecule has 0 spiro atoms. The van der Waals surface area contributed by atoms with Gasteiger partial charge in [-0.2, -0.15) is 0 Å². The molecule has 0 fully saturated rings. The van der Waals surface area contributed by atoms with E-state index in [0.29, 0.717) is 0 Å². The van der Waals surface area contributed by atoms with Gasteiger partial charge in [-0.15, -0.1) is 50.6 Å². The molecule has 0 unspecified atom stereocenters. The average molecular weight is 1440 g/mol. The predicted octanol–water partition coefficient (Wildman–Crippen LogP) is -47.4. The van der Waals surface area contributed by atoms with E-state index in [-0.39, 0.29) is 469 Å². The van der Waals surface area contributed by atoms with Crippen molar-refractivity contribution in [1.29, 1.82) is 0 Å². The number of nitrogens with zero attached hydrogens (tertiary/aromatic N) is 5. The Morgan fingerprint density at radius 3 is 0.145 bits per heavy atom. The molecule has 0 aliphatic carbocycles. The van der Waals surface area contributed by atoms with Crippen molar-refractivity contribution in [2.24, 2.45) is 0 Å². The van der Waals surface area contributed by atoms with Crippen LogP contribution in [0.25, 0.3) is 0 Å². The zero-order chi connectivity index (χ0) is 17.9. The Hall–Kier alpha value is 0.259. The molecular formula is H118Ca5N6O65. The third-order valence-corrected chi connectivity index (χ3v) is 0. The minimum absolute atomic E-state index is 0. The maximum absolute atomic E-state index is 8.36. The zero-order valence-corrected chi connectivity index (χ0v) is 34.3. The van der Waals surface area contributed by atoms with Crippen molar-refractivity contribution in [1.82, 2.24) is 6.15 Å². The van der Waals surface area contributed by atoms with Gasteiger partial charge in [0.15, 0.2) is 0 Å². The summed E-state index contributed by atoms with van der Waals surface area (Å²) >= 11 is 0. The molecule has 76 heavy (non-hydrogen) atoms. The molecule has 0 saturated heterocycles. The summed E-state index contributed by atoms with van der Waals surface area (Å²) in [5.74, 6) is 0. The van der Waals surface area contributed by atoms with Crippen LogP contribution in [0.3, 0.4) is 0 Å². The van der Waals surface area contributed by atoms with Gasteiger partial charge in [-0.1, -0.05) is 0 Å². The van der Waals surface area contributed by atoms with Gasteiger partial charge in [-0.05, 0) is 0 Å². The molecule has 76 heteroatoms. The first-order valence-electron chi connectivity index (χ1n) is 2.83. The quantitative estimate of drug-likeness (QED) is 0.0745. The number of rotatable bonds is 0. The third kappa shape index (κ3) is 5950000. The van der Waals surface area contributed by atoms with Crippen LogP contribution in [0.1, 0.15) is 0 Å². The minimum atomic E-state index is -1.50. The average Bonchev–Trinajstić information content (AvgIpc) is 1.94. The van der Waals surface area contributed by atoms with Crippen molar-refractivity contribution in [2.45, 2.75) is 0 Å². The zero-order valence-electron chi connectivity index (χ0n) is 34.3. The first-order chi connectivity index (χ1) is 8.66. The third-order valence-electron chi connectivity index (χ3n) is 0. The summed E-state index contributed by atoms with van der Waals surface area (Å²) in [6, 6.07) is 0. The van der Waals surface area contributed by atoms with Crippen molar-refractivity contribution in [3.05, 3.63) is 50.6 Å². The number of hydrogen-bond acceptors (Lipinski definition) is 11. The van der Waals surface area contributed by atoms with Crippen molar-refractivity contribution in [3.8, 4) is 0 Å². The Labute approximate surface area is 564 Å². The van der Waals surface area contributed by atoms with Crippen LogP contribution in [0.4, 0.5) is 0 Å². The Morgan fingerprint density at radius 1 is 0.145 bits per heavy atom. The molecule has 0 aliphatic heterocycles. The molecule has 548 valence electrons. The van der Waals surface area contributed by atoms with Crippen LogP contribution in [-0.4, -0.2) is 514 Å². The molecule has 0 aromatic heterocycles. The van der Waals surface area contributed by atoms with Gasteiger partial charge in [0, 0.05) is 0 Å². The van der Waals surface area contributed by atoms with E-state index in [1.807, 2.05) is 0 Å². The van der Waals surface area contributed by atoms with Gasteiger partial charge in [0.25, 0.3) is 25.4 Å². The molecule has 0 atom stereocenters. The van der Waals surface area contributed by atoms with Crippen molar-refractivity contribution < 1.29 is 325 Å². The van der Waals surface area contributed by atoms with Crippen molar-refractivity contribution in [3.63, 3.8) is 0 Å². The molecular weight excluding hydrogens is 1320 g/mol. The summed E-state index contributed by atoms with van der Waals surface area (Å²) in [4.78, 5) is 41.8. The fourth-order valence-electron chi connectivity index (χ4n) is 0. The molecule has 0 bridgehead atoms. The van der Waals surface area contributed by atoms with E-state index in [0.717, 1.165) is 0 Å². The van der Waals surface area contributed by atoms with Gasteiger partial charge < -0.3 is 306 Å². The summed E-state index contributed by atoms with van der Waals surface area (Å²) in [5, 5.41) is 68.2. The molecule has 0 rings (SSSR count). The summed E-state index contributed by atoms with van der Waals surface area (Å²) < 4.78 is 0. The summed E-state index contributed by atoms with van der Waals surface area (Å²) in [6.07, 6.45) is 0. The molecule has 0 saturated carbocycles. The molecule has 0 radical (unpaired) electrons. The Balaban J connectivity index is -0.000000000530. The second-order valence-electron chi connectivity index (χ2n) is 1.19. The van der Waals surface area contributed by atoms with E-state index in [4.69, 9.17) is 76.6 Å². The van der Waals surface area contributed by atoms with E-state index in [1.165, 1.54) is 0 Å². The fourth-order valence-corrected chi connectivity index (χ4v) is 0. The van der Waals surface area contributed by atoms with Crippen molar-refractivity contribution in [2.75, 3.05) is 0 Å². The molecule has 71 nitrogen and oxygen atoms in total. The SMILES string of the molecule is N.O.O.O.O.O.O.O.O.O.O.O.O.O.O.O.O.O.O.O.O.O.O.O.O.O.O.O.O.O.O.O.O.O.O.O.O.O.O.O.O.O.O.O.O.O.O.O.O.O.O.O=[N+]([O-])O.O=[N+]([O-])O.O=[N+]([O-])O.O=[N+]([O-])O.O=[N+]([O-])O.[CaH2].[CaH2].[CaH2].[CaH2].[CaH2]. The van der Waals surface area contributed by atoms with Crippen LogP contribution in [0.5, 0.6) is 0 Å². The van der Waals surface area contributed by atoms with Crippen LogP contribution in [0.15, 0.2) is 0 Å². The second-order valence-corrected chi connectivity index (χ2v) is 1.19. The van der Waals surface area contributed by atoms with E-state index < -0.39 is 25.4 Å². The van der Waals surface area contributed by atoms with Gasteiger partial charge in [-0.3, -0.25) is 0 Å². The van der Waals surface area contributed by atoms with E-state index in [1.54, 1.807) is 0 Å². The molecule has 0 aliphatic rings. The van der Waals surface area contributed by atoms with Crippen molar-refractivity contribution >= 4 is 189 Å². The normalized spacial score (nSPS) is 1.58. The first-order valence-corrected chi connectivity index (χ1v) is 2.83. The van der Waals surface area contributed by atoms with E-state index >= 15 is 0 Å². The Morgan fingerprint density at radius 2 is 0.145 bits per heavy atom. The Bertz CT molecular complexity index is 241. The summed E-state index contributed by atoms with van der Waals surface area (Å²) in [5.41, 5.74) is 0. The van der Waals surface area contributed by atoms with E-state index in [2.05, 4.69) is 0 Å². The van der Waals surface area contributed by atoms with Crippen LogP contribution < -0.4 is 6.15 Å². The van der Waals surface area contributed by atoms with Gasteiger partial charge in [0.1, 0.15) is 0 Å². The fraction of sp³-hybridized carbons (Fsp3) is 0. The monoisotopic (exact) mass is 1440 g/mol. The second kappa shape index (κ2) is 1780. The molecule has 108 N–H and O–H groups in total.